The lowest BCUT2D eigenvalue weighted by molar-refractivity contribution is 0.138. The fourth-order valence-electron chi connectivity index (χ4n) is 3.27. The summed E-state index contributed by atoms with van der Waals surface area (Å²) in [6.07, 6.45) is 5.24. The third kappa shape index (κ3) is 2.09. The molecule has 0 heterocycles. The van der Waals surface area contributed by atoms with Gasteiger partial charge in [-0.25, -0.2) is 4.39 Å². The molecule has 0 radical (unpaired) electrons. The van der Waals surface area contributed by atoms with Crippen LogP contribution in [0.25, 0.3) is 0 Å². The summed E-state index contributed by atoms with van der Waals surface area (Å²) in [7, 11) is 0. The number of halogens is 1. The third-order valence-electron chi connectivity index (χ3n) is 4.17. The zero-order chi connectivity index (χ0) is 12.7. The molecule has 3 rings (SSSR count). The van der Waals surface area contributed by atoms with Gasteiger partial charge in [0.2, 0.25) is 0 Å². The number of ether oxygens (including phenoxy) is 1. The normalized spacial score (nSPS) is 29.5. The number of hydrogen-bond donors (Lipinski definition) is 1. The third-order valence-corrected chi connectivity index (χ3v) is 4.39. The molecule has 96 valence electrons. The monoisotopic (exact) mass is 265 g/mol. The summed E-state index contributed by atoms with van der Waals surface area (Å²) in [6, 6.07) is 4.74. The Morgan fingerprint density at radius 3 is 2.72 bits per heavy atom. The summed E-state index contributed by atoms with van der Waals surface area (Å²) in [4.78, 5) is 0.0824. The standard InChI is InChI=1S/C14H16FNOS/c15-12-7-10(3-4-11(12)14(16)18)17-13-6-8-1-2-9(13)5-8/h3-4,7-9,13H,1-2,5-6H2,(H2,16,18). The number of thiocarbonyl (C=S) groups is 1. The highest BCUT2D eigenvalue weighted by Gasteiger charge is 2.40. The van der Waals surface area contributed by atoms with Crippen LogP contribution >= 0.6 is 12.2 Å². The van der Waals surface area contributed by atoms with E-state index in [0.29, 0.717) is 11.7 Å². The topological polar surface area (TPSA) is 35.2 Å². The summed E-state index contributed by atoms with van der Waals surface area (Å²) in [6.45, 7) is 0. The van der Waals surface area contributed by atoms with E-state index in [1.807, 2.05) is 0 Å². The van der Waals surface area contributed by atoms with Crippen molar-refractivity contribution in [1.82, 2.24) is 0 Å². The molecule has 2 nitrogen and oxygen atoms in total. The van der Waals surface area contributed by atoms with Gasteiger partial charge in [-0.3, -0.25) is 0 Å². The van der Waals surface area contributed by atoms with Gasteiger partial charge >= 0.3 is 0 Å². The van der Waals surface area contributed by atoms with E-state index in [1.165, 1.54) is 25.3 Å². The van der Waals surface area contributed by atoms with E-state index in [9.17, 15) is 4.39 Å². The van der Waals surface area contributed by atoms with Crippen LogP contribution in [0.4, 0.5) is 4.39 Å². The van der Waals surface area contributed by atoms with Gasteiger partial charge in [0.25, 0.3) is 0 Å². The van der Waals surface area contributed by atoms with Crippen molar-refractivity contribution in [2.24, 2.45) is 17.6 Å². The van der Waals surface area contributed by atoms with Crippen LogP contribution in [0, 0.1) is 17.7 Å². The first kappa shape index (κ1) is 11.9. The first-order valence-electron chi connectivity index (χ1n) is 6.39. The highest BCUT2D eigenvalue weighted by molar-refractivity contribution is 7.80. The van der Waals surface area contributed by atoms with E-state index in [-0.39, 0.29) is 16.7 Å². The molecule has 2 fully saturated rings. The quantitative estimate of drug-likeness (QED) is 0.853. The van der Waals surface area contributed by atoms with Crippen molar-refractivity contribution < 1.29 is 9.13 Å². The Balaban J connectivity index is 1.74. The molecule has 0 aliphatic heterocycles. The van der Waals surface area contributed by atoms with Crippen LogP contribution in [0.3, 0.4) is 0 Å². The molecule has 18 heavy (non-hydrogen) atoms. The zero-order valence-electron chi connectivity index (χ0n) is 10.1. The average molecular weight is 265 g/mol. The van der Waals surface area contributed by atoms with Crippen LogP contribution in [-0.4, -0.2) is 11.1 Å². The van der Waals surface area contributed by atoms with E-state index in [1.54, 1.807) is 12.1 Å². The minimum atomic E-state index is -0.400. The lowest BCUT2D eigenvalue weighted by atomic mass is 9.98. The minimum absolute atomic E-state index is 0.0824. The van der Waals surface area contributed by atoms with E-state index in [2.05, 4.69) is 0 Å². The van der Waals surface area contributed by atoms with Gasteiger partial charge in [-0.1, -0.05) is 12.2 Å². The summed E-state index contributed by atoms with van der Waals surface area (Å²) in [5.41, 5.74) is 5.71. The highest BCUT2D eigenvalue weighted by atomic mass is 32.1. The van der Waals surface area contributed by atoms with Gasteiger partial charge in [-0.05, 0) is 49.7 Å². The second-order valence-electron chi connectivity index (χ2n) is 5.34. The van der Waals surface area contributed by atoms with E-state index >= 15 is 0 Å². The number of nitrogens with two attached hydrogens (primary N) is 1. The minimum Gasteiger partial charge on any atom is -0.490 e. The van der Waals surface area contributed by atoms with E-state index in [4.69, 9.17) is 22.7 Å². The fraction of sp³-hybridized carbons (Fsp3) is 0.500. The zero-order valence-corrected chi connectivity index (χ0v) is 10.9. The van der Waals surface area contributed by atoms with Gasteiger partial charge in [0, 0.05) is 11.6 Å². The molecule has 3 unspecified atom stereocenters. The van der Waals surface area contributed by atoms with Crippen molar-refractivity contribution in [3.8, 4) is 5.75 Å². The number of rotatable bonds is 3. The second kappa shape index (κ2) is 4.50. The van der Waals surface area contributed by atoms with Crippen LogP contribution in [-0.2, 0) is 0 Å². The SMILES string of the molecule is NC(=S)c1ccc(OC2CC3CCC2C3)cc1F. The lowest BCUT2D eigenvalue weighted by Gasteiger charge is -2.23. The summed E-state index contributed by atoms with van der Waals surface area (Å²) < 4.78 is 19.6. The molecule has 2 saturated carbocycles. The van der Waals surface area contributed by atoms with Gasteiger partial charge in [0.15, 0.2) is 0 Å². The van der Waals surface area contributed by atoms with Crippen molar-refractivity contribution in [3.63, 3.8) is 0 Å². The fourth-order valence-corrected chi connectivity index (χ4v) is 3.44. The Morgan fingerprint density at radius 1 is 1.33 bits per heavy atom. The number of benzene rings is 1. The van der Waals surface area contributed by atoms with Gasteiger partial charge in [-0.15, -0.1) is 0 Å². The van der Waals surface area contributed by atoms with Crippen molar-refractivity contribution in [2.75, 3.05) is 0 Å². The van der Waals surface area contributed by atoms with E-state index < -0.39 is 5.82 Å². The first-order valence-corrected chi connectivity index (χ1v) is 6.80. The van der Waals surface area contributed by atoms with Crippen LogP contribution in [0.2, 0.25) is 0 Å². The van der Waals surface area contributed by atoms with Gasteiger partial charge in [0.05, 0.1) is 0 Å². The Labute approximate surface area is 111 Å². The number of fused-ring (bicyclic) bond motifs is 2. The molecule has 0 amide bonds. The van der Waals surface area contributed by atoms with Gasteiger partial charge < -0.3 is 10.5 Å². The highest BCUT2D eigenvalue weighted by Crippen LogP contribution is 2.46. The molecule has 2 aliphatic rings. The molecular weight excluding hydrogens is 249 g/mol. The Bertz CT molecular complexity index is 491. The molecule has 1 aromatic carbocycles. The van der Waals surface area contributed by atoms with Crippen molar-refractivity contribution >= 4 is 17.2 Å². The largest absolute Gasteiger partial charge is 0.490 e. The van der Waals surface area contributed by atoms with Crippen molar-refractivity contribution in [2.45, 2.75) is 31.8 Å². The molecule has 0 aromatic heterocycles. The van der Waals surface area contributed by atoms with Crippen LogP contribution < -0.4 is 10.5 Å². The maximum absolute atomic E-state index is 13.7. The molecule has 3 atom stereocenters. The molecule has 0 saturated heterocycles. The predicted molar refractivity (Wildman–Crippen MR) is 72.2 cm³/mol. The Morgan fingerprint density at radius 2 is 2.17 bits per heavy atom. The van der Waals surface area contributed by atoms with E-state index in [0.717, 1.165) is 12.3 Å². The smallest absolute Gasteiger partial charge is 0.137 e. The Kier molecular flexibility index (Phi) is 2.98. The first-order chi connectivity index (χ1) is 8.63. The molecular formula is C14H16FNOS. The maximum Gasteiger partial charge on any atom is 0.137 e. The molecule has 0 spiro atoms. The average Bonchev–Trinajstić information content (AvgIpc) is 2.90. The van der Waals surface area contributed by atoms with Crippen molar-refractivity contribution in [3.05, 3.63) is 29.6 Å². The summed E-state index contributed by atoms with van der Waals surface area (Å²) in [5.74, 6) is 1.67. The van der Waals surface area contributed by atoms with Gasteiger partial charge in [-0.2, -0.15) is 0 Å². The van der Waals surface area contributed by atoms with Crippen LogP contribution in [0.1, 0.15) is 31.2 Å². The maximum atomic E-state index is 13.7. The molecule has 4 heteroatoms. The van der Waals surface area contributed by atoms with Gasteiger partial charge in [0.1, 0.15) is 22.7 Å². The summed E-state index contributed by atoms with van der Waals surface area (Å²) >= 11 is 4.78. The Hall–Kier alpha value is -1.16. The second-order valence-corrected chi connectivity index (χ2v) is 5.78. The molecule has 2 bridgehead atoms. The van der Waals surface area contributed by atoms with Crippen LogP contribution in [0.5, 0.6) is 5.75 Å². The van der Waals surface area contributed by atoms with Crippen molar-refractivity contribution in [1.29, 1.82) is 0 Å². The molecule has 2 N–H and O–H groups in total. The number of hydrogen-bond acceptors (Lipinski definition) is 2. The molecule has 1 aromatic rings. The predicted octanol–water partition coefficient (Wildman–Crippen LogP) is 3.03. The molecule has 2 aliphatic carbocycles. The van der Waals surface area contributed by atoms with Crippen LogP contribution in [0.15, 0.2) is 18.2 Å². The summed E-state index contributed by atoms with van der Waals surface area (Å²) in [5, 5.41) is 0. The lowest BCUT2D eigenvalue weighted by Crippen LogP contribution is -2.23.